The van der Waals surface area contributed by atoms with Crippen LogP contribution in [0.3, 0.4) is 0 Å². The molecule has 3 rings (SSSR count). The molecule has 5 nitrogen and oxygen atoms in total. The predicted molar refractivity (Wildman–Crippen MR) is 95.2 cm³/mol. The monoisotopic (exact) mass is 354 g/mol. The van der Waals surface area contributed by atoms with E-state index in [1.54, 1.807) is 30.3 Å². The molecule has 0 aliphatic carbocycles. The van der Waals surface area contributed by atoms with E-state index < -0.39 is 29.6 Å². The van der Waals surface area contributed by atoms with Crippen LogP contribution < -0.4 is 5.32 Å². The van der Waals surface area contributed by atoms with Gasteiger partial charge in [0.05, 0.1) is 16.8 Å². The minimum Gasteiger partial charge on any atom is -0.322 e. The van der Waals surface area contributed by atoms with Gasteiger partial charge in [-0.05, 0) is 36.6 Å². The largest absolute Gasteiger partial charge is 0.322 e. The highest BCUT2D eigenvalue weighted by atomic mass is 19.1. The highest BCUT2D eigenvalue weighted by molar-refractivity contribution is 6.23. The second kappa shape index (κ2) is 7.07. The summed E-state index contributed by atoms with van der Waals surface area (Å²) in [5, 5.41) is 2.50. The minimum atomic E-state index is -1.01. The van der Waals surface area contributed by atoms with Crippen molar-refractivity contribution in [2.45, 2.75) is 26.3 Å². The third kappa shape index (κ3) is 3.22. The average Bonchev–Trinajstić information content (AvgIpc) is 2.86. The van der Waals surface area contributed by atoms with E-state index in [9.17, 15) is 18.8 Å². The summed E-state index contributed by atoms with van der Waals surface area (Å²) in [5.74, 6) is -2.11. The van der Waals surface area contributed by atoms with Gasteiger partial charge in [0.25, 0.3) is 11.8 Å². The van der Waals surface area contributed by atoms with Gasteiger partial charge in [-0.15, -0.1) is 0 Å². The zero-order valence-corrected chi connectivity index (χ0v) is 14.5. The summed E-state index contributed by atoms with van der Waals surface area (Å²) in [6.07, 6.45) is 0.283. The number of nitrogens with zero attached hydrogens (tertiary/aromatic N) is 1. The van der Waals surface area contributed by atoms with E-state index in [1.807, 2.05) is 13.8 Å². The van der Waals surface area contributed by atoms with E-state index in [1.165, 1.54) is 18.2 Å². The SMILES string of the molecule is CC(C)C[C@@H](C(=O)Nc1ccccc1F)N1C(=O)c2ccccc2C1=O. The molecule has 6 heteroatoms. The van der Waals surface area contributed by atoms with Crippen molar-refractivity contribution in [1.29, 1.82) is 0 Å². The number of hydrogen-bond acceptors (Lipinski definition) is 3. The lowest BCUT2D eigenvalue weighted by Gasteiger charge is -2.26. The van der Waals surface area contributed by atoms with Crippen LogP contribution in [0.2, 0.25) is 0 Å². The van der Waals surface area contributed by atoms with Crippen molar-refractivity contribution in [3.05, 3.63) is 65.5 Å². The molecule has 0 fully saturated rings. The zero-order valence-electron chi connectivity index (χ0n) is 14.5. The number of imide groups is 1. The van der Waals surface area contributed by atoms with Gasteiger partial charge in [-0.25, -0.2) is 4.39 Å². The molecule has 0 unspecified atom stereocenters. The number of amides is 3. The molecule has 0 bridgehead atoms. The fourth-order valence-corrected chi connectivity index (χ4v) is 3.05. The van der Waals surface area contributed by atoms with Crippen LogP contribution >= 0.6 is 0 Å². The van der Waals surface area contributed by atoms with Crippen molar-refractivity contribution in [2.75, 3.05) is 5.32 Å². The highest BCUT2D eigenvalue weighted by Crippen LogP contribution is 2.27. The molecule has 1 aliphatic heterocycles. The molecule has 1 aliphatic rings. The van der Waals surface area contributed by atoms with E-state index in [0.29, 0.717) is 0 Å². The summed E-state index contributed by atoms with van der Waals surface area (Å²) >= 11 is 0. The molecule has 1 heterocycles. The Kier molecular flexibility index (Phi) is 4.84. The van der Waals surface area contributed by atoms with Crippen LogP contribution in [0, 0.1) is 11.7 Å². The Balaban J connectivity index is 1.92. The number of hydrogen-bond donors (Lipinski definition) is 1. The van der Waals surface area contributed by atoms with Crippen LogP contribution in [0.4, 0.5) is 10.1 Å². The lowest BCUT2D eigenvalue weighted by molar-refractivity contribution is -0.120. The molecule has 3 amide bonds. The molecule has 0 spiro atoms. The van der Waals surface area contributed by atoms with Crippen molar-refractivity contribution in [3.63, 3.8) is 0 Å². The molecule has 1 atom stereocenters. The van der Waals surface area contributed by atoms with E-state index in [0.717, 1.165) is 4.90 Å². The Morgan fingerprint density at radius 3 is 2.08 bits per heavy atom. The van der Waals surface area contributed by atoms with Gasteiger partial charge in [0.15, 0.2) is 0 Å². The summed E-state index contributed by atoms with van der Waals surface area (Å²) in [6, 6.07) is 11.2. The van der Waals surface area contributed by atoms with Crippen LogP contribution in [0.5, 0.6) is 0 Å². The fraction of sp³-hybridized carbons (Fsp3) is 0.250. The summed E-state index contributed by atoms with van der Waals surface area (Å²) < 4.78 is 13.9. The van der Waals surface area contributed by atoms with Gasteiger partial charge < -0.3 is 5.32 Å². The van der Waals surface area contributed by atoms with Crippen molar-refractivity contribution < 1.29 is 18.8 Å². The van der Waals surface area contributed by atoms with E-state index in [4.69, 9.17) is 0 Å². The number of carbonyl (C=O) groups excluding carboxylic acids is 3. The second-order valence-corrected chi connectivity index (χ2v) is 6.64. The molecular weight excluding hydrogens is 335 g/mol. The number of nitrogens with one attached hydrogen (secondary N) is 1. The Hall–Kier alpha value is -3.02. The van der Waals surface area contributed by atoms with Crippen molar-refractivity contribution >= 4 is 23.4 Å². The number of carbonyl (C=O) groups is 3. The Labute approximate surface area is 150 Å². The number of anilines is 1. The van der Waals surface area contributed by atoms with Crippen molar-refractivity contribution in [1.82, 2.24) is 4.90 Å². The minimum absolute atomic E-state index is 0.0165. The van der Waals surface area contributed by atoms with E-state index in [-0.39, 0.29) is 29.2 Å². The topological polar surface area (TPSA) is 66.5 Å². The maximum Gasteiger partial charge on any atom is 0.262 e. The maximum absolute atomic E-state index is 13.9. The number of rotatable bonds is 5. The average molecular weight is 354 g/mol. The van der Waals surface area contributed by atoms with Gasteiger partial charge in [0.2, 0.25) is 5.91 Å². The molecule has 2 aromatic rings. The van der Waals surface area contributed by atoms with Crippen LogP contribution in [0.25, 0.3) is 0 Å². The van der Waals surface area contributed by atoms with Crippen molar-refractivity contribution in [2.24, 2.45) is 5.92 Å². The van der Waals surface area contributed by atoms with Gasteiger partial charge in [-0.2, -0.15) is 0 Å². The Morgan fingerprint density at radius 2 is 1.54 bits per heavy atom. The predicted octanol–water partition coefficient (Wildman–Crippen LogP) is 3.48. The first-order valence-electron chi connectivity index (χ1n) is 8.42. The molecule has 0 saturated carbocycles. The van der Waals surface area contributed by atoms with Gasteiger partial charge in [0.1, 0.15) is 11.9 Å². The molecule has 0 saturated heterocycles. The first kappa shape index (κ1) is 17.8. The molecule has 0 aromatic heterocycles. The quantitative estimate of drug-likeness (QED) is 0.836. The standard InChI is InChI=1S/C20H19FN2O3/c1-12(2)11-17(18(24)22-16-10-6-5-9-15(16)21)23-19(25)13-7-3-4-8-14(13)20(23)26/h3-10,12,17H,11H2,1-2H3,(H,22,24)/t17-/m0/s1. The molecule has 2 aromatic carbocycles. The van der Waals surface area contributed by atoms with E-state index in [2.05, 4.69) is 5.32 Å². The smallest absolute Gasteiger partial charge is 0.262 e. The summed E-state index contributed by atoms with van der Waals surface area (Å²) in [6.45, 7) is 3.78. The van der Waals surface area contributed by atoms with Crippen LogP contribution in [-0.2, 0) is 4.79 Å². The van der Waals surface area contributed by atoms with Crippen LogP contribution in [-0.4, -0.2) is 28.7 Å². The fourth-order valence-electron chi connectivity index (χ4n) is 3.05. The van der Waals surface area contributed by atoms with Crippen LogP contribution in [0.1, 0.15) is 41.0 Å². The van der Waals surface area contributed by atoms with Gasteiger partial charge in [0, 0.05) is 0 Å². The van der Waals surface area contributed by atoms with Gasteiger partial charge in [-0.3, -0.25) is 19.3 Å². The Bertz CT molecular complexity index is 844. The lowest BCUT2D eigenvalue weighted by Crippen LogP contribution is -2.48. The molecule has 1 N–H and O–H groups in total. The zero-order chi connectivity index (χ0) is 18.8. The van der Waals surface area contributed by atoms with E-state index >= 15 is 0 Å². The molecule has 134 valence electrons. The Morgan fingerprint density at radius 1 is 1.00 bits per heavy atom. The number of halogens is 1. The highest BCUT2D eigenvalue weighted by Gasteiger charge is 2.42. The second-order valence-electron chi connectivity index (χ2n) is 6.64. The third-order valence-electron chi connectivity index (χ3n) is 4.27. The first-order valence-corrected chi connectivity index (χ1v) is 8.42. The molecular formula is C20H19FN2O3. The number of para-hydroxylation sites is 1. The summed E-state index contributed by atoms with van der Waals surface area (Å²) in [7, 11) is 0. The molecule has 26 heavy (non-hydrogen) atoms. The third-order valence-corrected chi connectivity index (χ3v) is 4.27. The first-order chi connectivity index (χ1) is 12.4. The number of benzene rings is 2. The molecule has 0 radical (unpaired) electrons. The van der Waals surface area contributed by atoms with Crippen LogP contribution in [0.15, 0.2) is 48.5 Å². The lowest BCUT2D eigenvalue weighted by atomic mass is 10.0. The normalized spacial score (nSPS) is 14.5. The van der Waals surface area contributed by atoms with Gasteiger partial charge in [-0.1, -0.05) is 38.1 Å². The maximum atomic E-state index is 13.9. The van der Waals surface area contributed by atoms with Crippen molar-refractivity contribution in [3.8, 4) is 0 Å². The summed E-state index contributed by atoms with van der Waals surface area (Å²) in [5.41, 5.74) is 0.581. The summed E-state index contributed by atoms with van der Waals surface area (Å²) in [4.78, 5) is 39.2. The number of fused-ring (bicyclic) bond motifs is 1. The van der Waals surface area contributed by atoms with Gasteiger partial charge >= 0.3 is 0 Å².